The molecule has 54 heavy (non-hydrogen) atoms. The number of nitrogens with one attached hydrogen (secondary N) is 1. The molecule has 4 aromatic rings. The van der Waals surface area contributed by atoms with Gasteiger partial charge < -0.3 is 14.7 Å². The molecule has 1 atom stereocenters. The second-order valence-electron chi connectivity index (χ2n) is 13.8. The van der Waals surface area contributed by atoms with Crippen molar-refractivity contribution in [3.05, 3.63) is 113 Å². The predicted octanol–water partition coefficient (Wildman–Crippen LogP) is 5.32. The van der Waals surface area contributed by atoms with E-state index in [1.165, 1.54) is 17.3 Å². The number of benzene rings is 3. The number of piperazine rings is 1. The van der Waals surface area contributed by atoms with Gasteiger partial charge in [-0.2, -0.15) is 0 Å². The van der Waals surface area contributed by atoms with Gasteiger partial charge in [0.15, 0.2) is 11.4 Å². The standard InChI is InChI=1S/C42H44N6O6/c1-2-33(28-9-5-3-6-10-28)37(29-11-15-31(49)16-12-29)30-13-17-32(18-14-30)54-26-8-4-7-21-46-22-24-47(25-23-46)35-27-43-38-39(44-35)42(53)48(41(38)52)34-19-20-36(50)45-40(34)51/h3,5-6,9-18,27,34,49H,2,4,7-8,19-26H2,1H3,(H,45,50,51)/b37-33-. The van der Waals surface area contributed by atoms with Gasteiger partial charge in [-0.3, -0.25) is 34.3 Å². The summed E-state index contributed by atoms with van der Waals surface area (Å²) in [5.74, 6) is -0.781. The van der Waals surface area contributed by atoms with Crippen LogP contribution in [-0.4, -0.2) is 93.9 Å². The summed E-state index contributed by atoms with van der Waals surface area (Å²) in [5, 5.41) is 12.1. The fourth-order valence-electron chi connectivity index (χ4n) is 7.40. The van der Waals surface area contributed by atoms with Crippen LogP contribution in [0.25, 0.3) is 11.1 Å². The number of allylic oxidation sites excluding steroid dienone is 1. The Morgan fingerprint density at radius 1 is 0.815 bits per heavy atom. The quantitative estimate of drug-likeness (QED) is 0.105. The van der Waals surface area contributed by atoms with Crippen LogP contribution < -0.4 is 15.0 Å². The van der Waals surface area contributed by atoms with Crippen molar-refractivity contribution in [1.82, 2.24) is 25.1 Å². The number of hydrogen-bond donors (Lipinski definition) is 2. The molecule has 12 heteroatoms. The number of unbranched alkanes of at least 4 members (excludes halogenated alkanes) is 2. The van der Waals surface area contributed by atoms with Crippen LogP contribution in [0.5, 0.6) is 11.5 Å². The Morgan fingerprint density at radius 3 is 2.19 bits per heavy atom. The molecule has 0 radical (unpaired) electrons. The molecule has 0 spiro atoms. The molecular weight excluding hydrogens is 684 g/mol. The Balaban J connectivity index is 0.863. The Hall–Kier alpha value is -5.88. The van der Waals surface area contributed by atoms with Gasteiger partial charge in [-0.25, -0.2) is 9.97 Å². The van der Waals surface area contributed by atoms with Crippen molar-refractivity contribution in [2.24, 2.45) is 0 Å². The largest absolute Gasteiger partial charge is 0.508 e. The molecule has 3 aromatic carbocycles. The summed E-state index contributed by atoms with van der Waals surface area (Å²) < 4.78 is 6.12. The zero-order valence-corrected chi connectivity index (χ0v) is 30.4. The zero-order valence-electron chi connectivity index (χ0n) is 30.4. The molecule has 1 aromatic heterocycles. The lowest BCUT2D eigenvalue weighted by Crippen LogP contribution is -2.54. The fraction of sp³-hybridized carbons (Fsp3) is 0.333. The van der Waals surface area contributed by atoms with Gasteiger partial charge in [0.2, 0.25) is 11.8 Å². The van der Waals surface area contributed by atoms with Crippen LogP contribution in [0.15, 0.2) is 85.1 Å². The van der Waals surface area contributed by atoms with Gasteiger partial charge in [0.05, 0.1) is 12.8 Å². The van der Waals surface area contributed by atoms with E-state index < -0.39 is 29.7 Å². The van der Waals surface area contributed by atoms with E-state index >= 15 is 0 Å². The molecule has 3 aliphatic heterocycles. The molecule has 2 fully saturated rings. The number of phenolic OH excluding ortho intramolecular Hbond substituents is 1. The van der Waals surface area contributed by atoms with Crippen LogP contribution in [0.4, 0.5) is 5.82 Å². The van der Waals surface area contributed by atoms with E-state index in [9.17, 15) is 24.3 Å². The van der Waals surface area contributed by atoms with E-state index in [0.717, 1.165) is 72.7 Å². The van der Waals surface area contributed by atoms with Crippen molar-refractivity contribution in [3.8, 4) is 11.5 Å². The molecular formula is C42H44N6O6. The summed E-state index contributed by atoms with van der Waals surface area (Å²) in [6, 6.07) is 25.0. The minimum Gasteiger partial charge on any atom is -0.508 e. The average Bonchev–Trinajstić information content (AvgIpc) is 3.44. The normalized spacial score (nSPS) is 18.1. The summed E-state index contributed by atoms with van der Waals surface area (Å²) in [7, 11) is 0. The van der Waals surface area contributed by atoms with Crippen molar-refractivity contribution in [2.75, 3.05) is 44.2 Å². The highest BCUT2D eigenvalue weighted by atomic mass is 16.5. The molecule has 0 aliphatic carbocycles. The Morgan fingerprint density at radius 2 is 1.50 bits per heavy atom. The second-order valence-corrected chi connectivity index (χ2v) is 13.8. The molecule has 2 saturated heterocycles. The van der Waals surface area contributed by atoms with E-state index in [0.29, 0.717) is 25.5 Å². The molecule has 4 amide bonds. The van der Waals surface area contributed by atoms with E-state index in [2.05, 4.69) is 68.4 Å². The molecule has 3 aliphatic rings. The third kappa shape index (κ3) is 7.89. The monoisotopic (exact) mass is 728 g/mol. The van der Waals surface area contributed by atoms with Gasteiger partial charge >= 0.3 is 0 Å². The number of phenols is 1. The Kier molecular flexibility index (Phi) is 11.1. The number of ether oxygens (including phenoxy) is 1. The van der Waals surface area contributed by atoms with Crippen molar-refractivity contribution >= 4 is 40.6 Å². The average molecular weight is 729 g/mol. The minimum atomic E-state index is -1.04. The van der Waals surface area contributed by atoms with Crippen LogP contribution in [0.2, 0.25) is 0 Å². The summed E-state index contributed by atoms with van der Waals surface area (Å²) in [6.07, 6.45) is 5.55. The summed E-state index contributed by atoms with van der Waals surface area (Å²) in [6.45, 7) is 6.86. The van der Waals surface area contributed by atoms with Crippen molar-refractivity contribution in [1.29, 1.82) is 0 Å². The zero-order chi connectivity index (χ0) is 37.6. The predicted molar refractivity (Wildman–Crippen MR) is 204 cm³/mol. The van der Waals surface area contributed by atoms with Gasteiger partial charge in [0, 0.05) is 32.6 Å². The van der Waals surface area contributed by atoms with Crippen molar-refractivity contribution in [3.63, 3.8) is 0 Å². The molecule has 7 rings (SSSR count). The lowest BCUT2D eigenvalue weighted by molar-refractivity contribution is -0.136. The first-order valence-corrected chi connectivity index (χ1v) is 18.7. The first-order chi connectivity index (χ1) is 26.3. The van der Waals surface area contributed by atoms with Crippen LogP contribution in [-0.2, 0) is 9.59 Å². The number of carbonyl (C=O) groups excluding carboxylic acids is 4. The van der Waals surface area contributed by atoms with Crippen molar-refractivity contribution < 1.29 is 29.0 Å². The van der Waals surface area contributed by atoms with Gasteiger partial charge in [-0.05, 0) is 90.8 Å². The molecule has 2 N–H and O–H groups in total. The van der Waals surface area contributed by atoms with E-state index in [1.54, 1.807) is 12.1 Å². The Bertz CT molecular complexity index is 2040. The first-order valence-electron chi connectivity index (χ1n) is 18.7. The van der Waals surface area contributed by atoms with E-state index in [4.69, 9.17) is 4.74 Å². The number of aromatic nitrogens is 2. The summed E-state index contributed by atoms with van der Waals surface area (Å²) >= 11 is 0. The summed E-state index contributed by atoms with van der Waals surface area (Å²) in [4.78, 5) is 64.2. The minimum absolute atomic E-state index is 0.0489. The number of rotatable bonds is 13. The number of anilines is 1. The maximum atomic E-state index is 13.2. The molecule has 278 valence electrons. The first kappa shape index (κ1) is 36.5. The number of nitrogens with zero attached hydrogens (tertiary/aromatic N) is 5. The molecule has 0 bridgehead atoms. The number of aromatic hydroxyl groups is 1. The summed E-state index contributed by atoms with van der Waals surface area (Å²) in [5.41, 5.74) is 5.59. The van der Waals surface area contributed by atoms with E-state index in [-0.39, 0.29) is 30.0 Å². The lowest BCUT2D eigenvalue weighted by Gasteiger charge is -2.35. The highest BCUT2D eigenvalue weighted by Gasteiger charge is 2.46. The highest BCUT2D eigenvalue weighted by molar-refractivity contribution is 6.21. The smallest absolute Gasteiger partial charge is 0.282 e. The molecule has 0 saturated carbocycles. The lowest BCUT2D eigenvalue weighted by atomic mass is 9.88. The van der Waals surface area contributed by atoms with Gasteiger partial charge in [0.1, 0.15) is 23.4 Å². The van der Waals surface area contributed by atoms with Gasteiger partial charge in [-0.15, -0.1) is 0 Å². The third-order valence-corrected chi connectivity index (χ3v) is 10.3. The number of imide groups is 2. The topological polar surface area (TPSA) is 145 Å². The van der Waals surface area contributed by atoms with Crippen molar-refractivity contribution in [2.45, 2.75) is 51.5 Å². The van der Waals surface area contributed by atoms with Crippen LogP contribution >= 0.6 is 0 Å². The molecule has 4 heterocycles. The van der Waals surface area contributed by atoms with Crippen LogP contribution in [0.3, 0.4) is 0 Å². The SMILES string of the molecule is CC/C(=C(\c1ccc(O)cc1)c1ccc(OCCCCCN2CCN(c3cnc4c(n3)C(=O)N(C3CCC(=O)NC3=O)C4=O)CC2)cc1)c1ccccc1. The maximum Gasteiger partial charge on any atom is 0.282 e. The van der Waals surface area contributed by atoms with E-state index in [1.807, 2.05) is 30.3 Å². The van der Waals surface area contributed by atoms with Crippen LogP contribution in [0, 0.1) is 0 Å². The van der Waals surface area contributed by atoms with Gasteiger partial charge in [0.25, 0.3) is 11.8 Å². The maximum absolute atomic E-state index is 13.2. The fourth-order valence-corrected chi connectivity index (χ4v) is 7.40. The number of amides is 4. The highest BCUT2D eigenvalue weighted by Crippen LogP contribution is 2.36. The number of piperidine rings is 1. The Labute approximate surface area is 314 Å². The number of carbonyl (C=O) groups is 4. The van der Waals surface area contributed by atoms with Crippen LogP contribution in [0.1, 0.15) is 83.1 Å². The second kappa shape index (κ2) is 16.4. The molecule has 1 unspecified atom stereocenters. The van der Waals surface area contributed by atoms with Gasteiger partial charge in [-0.1, -0.05) is 61.5 Å². The third-order valence-electron chi connectivity index (χ3n) is 10.3. The number of hydrogen-bond acceptors (Lipinski definition) is 10. The molecule has 12 nitrogen and oxygen atoms in total. The number of fused-ring (bicyclic) bond motifs is 1.